The predicted molar refractivity (Wildman–Crippen MR) is 84.5 cm³/mol. The Labute approximate surface area is 127 Å². The van der Waals surface area contributed by atoms with E-state index in [-0.39, 0.29) is 17.4 Å². The molecule has 2 N–H and O–H groups in total. The van der Waals surface area contributed by atoms with Crippen molar-refractivity contribution in [1.82, 2.24) is 15.8 Å². The maximum absolute atomic E-state index is 12.4. The van der Waals surface area contributed by atoms with E-state index in [0.29, 0.717) is 5.69 Å². The second-order valence-electron chi connectivity index (χ2n) is 5.92. The van der Waals surface area contributed by atoms with Gasteiger partial charge >= 0.3 is 0 Å². The van der Waals surface area contributed by atoms with Crippen LogP contribution in [0.25, 0.3) is 0 Å². The summed E-state index contributed by atoms with van der Waals surface area (Å²) in [7, 11) is 0. The predicted octanol–water partition coefficient (Wildman–Crippen LogP) is 2.69. The average molecular weight is 295 g/mol. The number of amides is 1. The first-order chi connectivity index (χ1) is 9.89. The Balaban J connectivity index is 2.78. The number of rotatable bonds is 8. The van der Waals surface area contributed by atoms with Crippen LogP contribution in [-0.4, -0.2) is 30.2 Å². The van der Waals surface area contributed by atoms with Gasteiger partial charge in [-0.1, -0.05) is 32.9 Å². The highest BCUT2D eigenvalue weighted by Gasteiger charge is 2.31. The molecule has 0 saturated heterocycles. The number of nitrogens with zero attached hydrogens (tertiary/aromatic N) is 1. The highest BCUT2D eigenvalue weighted by atomic mass is 16.5. The van der Waals surface area contributed by atoms with Crippen molar-refractivity contribution in [2.24, 2.45) is 5.41 Å². The second-order valence-corrected chi connectivity index (χ2v) is 5.92. The van der Waals surface area contributed by atoms with E-state index in [1.807, 2.05) is 13.8 Å². The molecule has 5 nitrogen and oxygen atoms in total. The summed E-state index contributed by atoms with van der Waals surface area (Å²) in [4.78, 5) is 12.4. The van der Waals surface area contributed by atoms with Gasteiger partial charge in [0.25, 0.3) is 5.91 Å². The molecule has 0 aliphatic carbocycles. The molecular formula is C16H29N3O2. The molecule has 1 heterocycles. The summed E-state index contributed by atoms with van der Waals surface area (Å²) in [6.07, 6.45) is 1.73. The second kappa shape index (κ2) is 7.59. The molecular weight excluding hydrogens is 266 g/mol. The summed E-state index contributed by atoms with van der Waals surface area (Å²) in [5.74, 6) is 0.623. The lowest BCUT2D eigenvalue weighted by molar-refractivity contribution is 0.0881. The highest BCUT2D eigenvalue weighted by molar-refractivity contribution is 5.93. The van der Waals surface area contributed by atoms with Gasteiger partial charge in [0.15, 0.2) is 5.69 Å². The molecule has 0 radical (unpaired) electrons. The summed E-state index contributed by atoms with van der Waals surface area (Å²) in [6, 6.07) is 0.0511. The van der Waals surface area contributed by atoms with E-state index < -0.39 is 0 Å². The molecule has 2 atom stereocenters. The molecule has 0 bridgehead atoms. The molecule has 0 aromatic carbocycles. The zero-order valence-electron chi connectivity index (χ0n) is 14.2. The van der Waals surface area contributed by atoms with Crippen LogP contribution in [0.4, 0.5) is 0 Å². The van der Waals surface area contributed by atoms with E-state index in [9.17, 15) is 4.79 Å². The Kier molecular flexibility index (Phi) is 6.40. The van der Waals surface area contributed by atoms with Crippen molar-refractivity contribution < 1.29 is 9.32 Å². The van der Waals surface area contributed by atoms with Gasteiger partial charge in [-0.3, -0.25) is 4.79 Å². The number of nitrogens with one attached hydrogen (secondary N) is 2. The van der Waals surface area contributed by atoms with Crippen LogP contribution in [0.1, 0.15) is 62.9 Å². The lowest BCUT2D eigenvalue weighted by Gasteiger charge is -2.35. The lowest BCUT2D eigenvalue weighted by Crippen LogP contribution is -2.49. The van der Waals surface area contributed by atoms with Crippen LogP contribution in [0.2, 0.25) is 0 Å². The standard InChI is InChI=1S/C16H29N3O2/c1-7-13-11(4)14(19-21-13)15(20)18-12(5)16(6,8-2)10-17-9-3/h12,17H,7-10H2,1-6H3,(H,18,20). The van der Waals surface area contributed by atoms with Gasteiger partial charge in [-0.15, -0.1) is 0 Å². The summed E-state index contributed by atoms with van der Waals surface area (Å²) < 4.78 is 5.20. The lowest BCUT2D eigenvalue weighted by atomic mass is 9.80. The molecule has 0 fully saturated rings. The molecule has 1 aromatic rings. The number of carbonyl (C=O) groups excluding carboxylic acids is 1. The van der Waals surface area contributed by atoms with Gasteiger partial charge in [-0.25, -0.2) is 0 Å². The van der Waals surface area contributed by atoms with Crippen LogP contribution in [-0.2, 0) is 6.42 Å². The largest absolute Gasteiger partial charge is 0.360 e. The van der Waals surface area contributed by atoms with Crippen molar-refractivity contribution in [2.75, 3.05) is 13.1 Å². The third-order valence-electron chi connectivity index (χ3n) is 4.54. The minimum atomic E-state index is -0.153. The third kappa shape index (κ3) is 4.06. The average Bonchev–Trinajstić information content (AvgIpc) is 2.85. The van der Waals surface area contributed by atoms with E-state index in [2.05, 4.69) is 43.5 Å². The van der Waals surface area contributed by atoms with Crippen molar-refractivity contribution >= 4 is 5.91 Å². The molecule has 0 aliphatic rings. The zero-order chi connectivity index (χ0) is 16.0. The SMILES string of the molecule is CCNCC(C)(CC)C(C)NC(=O)c1noc(CC)c1C. The van der Waals surface area contributed by atoms with Crippen LogP contribution >= 0.6 is 0 Å². The van der Waals surface area contributed by atoms with Gasteiger partial charge in [-0.2, -0.15) is 0 Å². The fourth-order valence-electron chi connectivity index (χ4n) is 2.35. The number of aryl methyl sites for hydroxylation is 1. The number of aromatic nitrogens is 1. The van der Waals surface area contributed by atoms with E-state index in [1.54, 1.807) is 0 Å². The smallest absolute Gasteiger partial charge is 0.273 e. The monoisotopic (exact) mass is 295 g/mol. The summed E-state index contributed by atoms with van der Waals surface area (Å²) in [5, 5.41) is 10.4. The van der Waals surface area contributed by atoms with Crippen LogP contribution in [0.5, 0.6) is 0 Å². The van der Waals surface area contributed by atoms with Gasteiger partial charge < -0.3 is 15.2 Å². The van der Waals surface area contributed by atoms with Gasteiger partial charge in [-0.05, 0) is 32.2 Å². The molecule has 1 rings (SSSR count). The summed E-state index contributed by atoms with van der Waals surface area (Å²) in [5.41, 5.74) is 1.25. The first-order valence-electron chi connectivity index (χ1n) is 7.86. The molecule has 5 heteroatoms. The molecule has 120 valence electrons. The van der Waals surface area contributed by atoms with Gasteiger partial charge in [0.2, 0.25) is 0 Å². The highest BCUT2D eigenvalue weighted by Crippen LogP contribution is 2.25. The Morgan fingerprint density at radius 2 is 2.05 bits per heavy atom. The molecule has 2 unspecified atom stereocenters. The van der Waals surface area contributed by atoms with Gasteiger partial charge in [0, 0.05) is 24.6 Å². The Morgan fingerprint density at radius 3 is 2.52 bits per heavy atom. The van der Waals surface area contributed by atoms with Crippen LogP contribution < -0.4 is 10.6 Å². The minimum absolute atomic E-state index is 0.0108. The number of hydrogen-bond acceptors (Lipinski definition) is 4. The van der Waals surface area contributed by atoms with Crippen molar-refractivity contribution in [3.63, 3.8) is 0 Å². The normalized spacial score (nSPS) is 15.5. The molecule has 1 aromatic heterocycles. The van der Waals surface area contributed by atoms with Gasteiger partial charge in [0.1, 0.15) is 5.76 Å². The molecule has 1 amide bonds. The van der Waals surface area contributed by atoms with Crippen molar-refractivity contribution in [3.8, 4) is 0 Å². The topological polar surface area (TPSA) is 67.2 Å². The van der Waals surface area contributed by atoms with Gasteiger partial charge in [0.05, 0.1) is 0 Å². The third-order valence-corrected chi connectivity index (χ3v) is 4.54. The Morgan fingerprint density at radius 1 is 1.38 bits per heavy atom. The number of hydrogen-bond donors (Lipinski definition) is 2. The maximum Gasteiger partial charge on any atom is 0.273 e. The first kappa shape index (κ1) is 17.7. The minimum Gasteiger partial charge on any atom is -0.360 e. The van der Waals surface area contributed by atoms with Crippen molar-refractivity contribution in [2.45, 2.75) is 60.4 Å². The van der Waals surface area contributed by atoms with E-state index in [0.717, 1.165) is 37.3 Å². The van der Waals surface area contributed by atoms with Crippen molar-refractivity contribution in [1.29, 1.82) is 0 Å². The van der Waals surface area contributed by atoms with Crippen LogP contribution in [0, 0.1) is 12.3 Å². The van der Waals surface area contributed by atoms with E-state index in [1.165, 1.54) is 0 Å². The molecule has 0 spiro atoms. The number of carbonyl (C=O) groups is 1. The Hall–Kier alpha value is -1.36. The van der Waals surface area contributed by atoms with Crippen molar-refractivity contribution in [3.05, 3.63) is 17.0 Å². The fraction of sp³-hybridized carbons (Fsp3) is 0.750. The fourth-order valence-corrected chi connectivity index (χ4v) is 2.35. The van der Waals surface area contributed by atoms with Crippen LogP contribution in [0.15, 0.2) is 4.52 Å². The van der Waals surface area contributed by atoms with Crippen LogP contribution in [0.3, 0.4) is 0 Å². The zero-order valence-corrected chi connectivity index (χ0v) is 14.2. The quantitative estimate of drug-likeness (QED) is 0.774. The summed E-state index contributed by atoms with van der Waals surface area (Å²) >= 11 is 0. The van der Waals surface area contributed by atoms with E-state index >= 15 is 0 Å². The molecule has 0 aliphatic heterocycles. The van der Waals surface area contributed by atoms with E-state index in [4.69, 9.17) is 4.52 Å². The maximum atomic E-state index is 12.4. The molecule has 21 heavy (non-hydrogen) atoms. The molecule has 0 saturated carbocycles. The Bertz CT molecular complexity index is 470. The summed E-state index contributed by atoms with van der Waals surface area (Å²) in [6.45, 7) is 14.1. The first-order valence-corrected chi connectivity index (χ1v) is 7.86.